The van der Waals surface area contributed by atoms with Crippen LogP contribution >= 0.6 is 0 Å². The fraction of sp³-hybridized carbons (Fsp3) is 1.00. The average molecular weight is 132 g/mol. The maximum atomic E-state index is 12.2. The van der Waals surface area contributed by atoms with Gasteiger partial charge < -0.3 is 0 Å². The van der Waals surface area contributed by atoms with Crippen molar-refractivity contribution in [3.8, 4) is 0 Å². The van der Waals surface area contributed by atoms with E-state index in [9.17, 15) is 4.39 Å². The number of rotatable bonds is 4. The van der Waals surface area contributed by atoms with E-state index in [1.165, 1.54) is 6.42 Å². The lowest BCUT2D eigenvalue weighted by molar-refractivity contribution is 0.312. The molecule has 0 aromatic rings. The first kappa shape index (κ1) is 8.93. The van der Waals surface area contributed by atoms with Crippen molar-refractivity contribution in [1.82, 2.24) is 0 Å². The molecule has 0 bridgehead atoms. The van der Waals surface area contributed by atoms with Gasteiger partial charge in [0.25, 0.3) is 0 Å². The predicted molar refractivity (Wildman–Crippen MR) is 39.3 cm³/mol. The lowest BCUT2D eigenvalue weighted by Gasteiger charge is -2.07. The van der Waals surface area contributed by atoms with Crippen molar-refractivity contribution in [3.63, 3.8) is 0 Å². The Morgan fingerprint density at radius 1 is 1.22 bits per heavy atom. The molecule has 0 heterocycles. The monoisotopic (exact) mass is 132 g/mol. The van der Waals surface area contributed by atoms with Gasteiger partial charge in [-0.1, -0.05) is 20.3 Å². The van der Waals surface area contributed by atoms with Crippen LogP contribution in [0.3, 0.4) is 0 Å². The van der Waals surface area contributed by atoms with Crippen LogP contribution in [0.15, 0.2) is 0 Å². The van der Waals surface area contributed by atoms with Crippen LogP contribution < -0.4 is 0 Å². The number of alkyl halides is 1. The van der Waals surface area contributed by atoms with Crippen molar-refractivity contribution in [1.29, 1.82) is 0 Å². The number of hydrogen-bond donors (Lipinski definition) is 0. The maximum absolute atomic E-state index is 12.2. The molecular weight excluding hydrogens is 115 g/mol. The quantitative estimate of drug-likeness (QED) is 0.551. The molecule has 0 rings (SSSR count). The van der Waals surface area contributed by atoms with Crippen molar-refractivity contribution >= 4 is 0 Å². The third kappa shape index (κ3) is 5.81. The van der Waals surface area contributed by atoms with Crippen LogP contribution in [0.25, 0.3) is 0 Å². The summed E-state index contributed by atoms with van der Waals surface area (Å²) in [5, 5.41) is 0. The zero-order valence-corrected chi connectivity index (χ0v) is 6.65. The highest BCUT2D eigenvalue weighted by molar-refractivity contribution is 4.53. The smallest absolute Gasteiger partial charge is 0.0973 e. The van der Waals surface area contributed by atoms with E-state index < -0.39 is 6.17 Å². The minimum Gasteiger partial charge on any atom is -0.248 e. The van der Waals surface area contributed by atoms with E-state index in [1.807, 2.05) is 0 Å². The fourth-order valence-corrected chi connectivity index (χ4v) is 0.718. The van der Waals surface area contributed by atoms with E-state index in [0.29, 0.717) is 5.92 Å². The zero-order chi connectivity index (χ0) is 7.28. The summed E-state index contributed by atoms with van der Waals surface area (Å²) in [4.78, 5) is 0. The van der Waals surface area contributed by atoms with Crippen LogP contribution in [0, 0.1) is 5.92 Å². The molecule has 0 unspecified atom stereocenters. The summed E-state index contributed by atoms with van der Waals surface area (Å²) in [6.45, 7) is 5.94. The molecule has 0 N–H and O–H groups in total. The summed E-state index contributed by atoms with van der Waals surface area (Å²) in [6, 6.07) is 0. The van der Waals surface area contributed by atoms with Crippen molar-refractivity contribution in [2.75, 3.05) is 0 Å². The van der Waals surface area contributed by atoms with Crippen LogP contribution in [-0.2, 0) is 0 Å². The first-order valence-electron chi connectivity index (χ1n) is 3.80. The Morgan fingerprint density at radius 3 is 2.11 bits per heavy atom. The minimum atomic E-state index is -0.612. The Hall–Kier alpha value is -0.0700. The van der Waals surface area contributed by atoms with E-state index in [-0.39, 0.29) is 0 Å². The molecule has 0 radical (unpaired) electrons. The first-order valence-corrected chi connectivity index (χ1v) is 3.80. The topological polar surface area (TPSA) is 0 Å². The van der Waals surface area contributed by atoms with Gasteiger partial charge in [-0.3, -0.25) is 0 Å². The van der Waals surface area contributed by atoms with Gasteiger partial charge in [0.1, 0.15) is 0 Å². The van der Waals surface area contributed by atoms with Gasteiger partial charge in [0.15, 0.2) is 0 Å². The molecular formula is C8H17F. The number of hydrogen-bond acceptors (Lipinski definition) is 0. The van der Waals surface area contributed by atoms with Crippen LogP contribution in [0.1, 0.15) is 40.0 Å². The number of halogens is 1. The predicted octanol–water partition coefficient (Wildman–Crippen LogP) is 3.17. The average Bonchev–Trinajstić information content (AvgIpc) is 1.83. The molecule has 0 aromatic heterocycles. The SMILES string of the molecule is CC[C@H](C)CC[C@H](C)F. The molecule has 1 heteroatoms. The third-order valence-electron chi connectivity index (χ3n) is 1.75. The first-order chi connectivity index (χ1) is 4.16. The second kappa shape index (κ2) is 4.78. The van der Waals surface area contributed by atoms with Crippen LogP contribution in [0.2, 0.25) is 0 Å². The van der Waals surface area contributed by atoms with E-state index in [2.05, 4.69) is 13.8 Å². The highest BCUT2D eigenvalue weighted by Gasteiger charge is 2.01. The zero-order valence-electron chi connectivity index (χ0n) is 6.65. The molecule has 0 aliphatic heterocycles. The van der Waals surface area contributed by atoms with E-state index in [4.69, 9.17) is 0 Å². The van der Waals surface area contributed by atoms with Gasteiger partial charge in [-0.05, 0) is 25.7 Å². The minimum absolute atomic E-state index is 0.612. The van der Waals surface area contributed by atoms with Crippen molar-refractivity contribution in [3.05, 3.63) is 0 Å². The Kier molecular flexibility index (Phi) is 4.74. The Bertz CT molecular complexity index is 59.6. The highest BCUT2D eigenvalue weighted by Crippen LogP contribution is 2.12. The Morgan fingerprint density at radius 2 is 1.78 bits per heavy atom. The summed E-state index contributed by atoms with van der Waals surface area (Å²) in [5.74, 6) is 0.697. The van der Waals surface area contributed by atoms with Gasteiger partial charge in [0.2, 0.25) is 0 Å². The van der Waals surface area contributed by atoms with Gasteiger partial charge in [-0.2, -0.15) is 0 Å². The molecule has 0 saturated heterocycles. The van der Waals surface area contributed by atoms with Gasteiger partial charge in [0, 0.05) is 0 Å². The van der Waals surface area contributed by atoms with Crippen molar-refractivity contribution in [2.45, 2.75) is 46.2 Å². The lowest BCUT2D eigenvalue weighted by atomic mass is 10.0. The molecule has 0 saturated carbocycles. The normalized spacial score (nSPS) is 17.3. The van der Waals surface area contributed by atoms with Crippen molar-refractivity contribution < 1.29 is 4.39 Å². The Labute approximate surface area is 57.5 Å². The van der Waals surface area contributed by atoms with Crippen LogP contribution in [0.4, 0.5) is 4.39 Å². The van der Waals surface area contributed by atoms with Gasteiger partial charge >= 0.3 is 0 Å². The fourth-order valence-electron chi connectivity index (χ4n) is 0.718. The van der Waals surface area contributed by atoms with Gasteiger partial charge in [0.05, 0.1) is 6.17 Å². The maximum Gasteiger partial charge on any atom is 0.0973 e. The van der Waals surface area contributed by atoms with E-state index >= 15 is 0 Å². The van der Waals surface area contributed by atoms with Gasteiger partial charge in [-0.25, -0.2) is 4.39 Å². The molecule has 0 fully saturated rings. The second-order valence-corrected chi connectivity index (χ2v) is 2.87. The molecule has 0 aromatic carbocycles. The highest BCUT2D eigenvalue weighted by atomic mass is 19.1. The largest absolute Gasteiger partial charge is 0.248 e. The summed E-state index contributed by atoms with van der Waals surface area (Å²) in [6.07, 6.45) is 2.33. The van der Waals surface area contributed by atoms with Crippen LogP contribution in [-0.4, -0.2) is 6.17 Å². The van der Waals surface area contributed by atoms with Crippen molar-refractivity contribution in [2.24, 2.45) is 5.92 Å². The molecule has 2 atom stereocenters. The van der Waals surface area contributed by atoms with Crippen LogP contribution in [0.5, 0.6) is 0 Å². The molecule has 0 nitrogen and oxygen atoms in total. The van der Waals surface area contributed by atoms with E-state index in [1.54, 1.807) is 6.92 Å². The molecule has 56 valence electrons. The molecule has 0 amide bonds. The molecule has 0 aliphatic rings. The van der Waals surface area contributed by atoms with Gasteiger partial charge in [-0.15, -0.1) is 0 Å². The second-order valence-electron chi connectivity index (χ2n) is 2.87. The lowest BCUT2D eigenvalue weighted by Crippen LogP contribution is -1.98. The summed E-state index contributed by atoms with van der Waals surface area (Å²) < 4.78 is 12.2. The Balaban J connectivity index is 3.06. The van der Waals surface area contributed by atoms with E-state index in [0.717, 1.165) is 12.8 Å². The molecule has 0 aliphatic carbocycles. The third-order valence-corrected chi connectivity index (χ3v) is 1.75. The molecule has 9 heavy (non-hydrogen) atoms. The summed E-state index contributed by atoms with van der Waals surface area (Å²) >= 11 is 0. The standard InChI is InChI=1S/C8H17F/c1-4-7(2)5-6-8(3)9/h7-8H,4-6H2,1-3H3/t7-,8-/m0/s1. The molecule has 0 spiro atoms. The summed E-state index contributed by atoms with van der Waals surface area (Å²) in [5.41, 5.74) is 0. The summed E-state index contributed by atoms with van der Waals surface area (Å²) in [7, 11) is 0.